The first kappa shape index (κ1) is 21.0. The summed E-state index contributed by atoms with van der Waals surface area (Å²) >= 11 is 7.53. The molecule has 1 aliphatic heterocycles. The fraction of sp³-hybridized carbons (Fsp3) is 0.417. The SMILES string of the molecule is C[C@H](Sc1nnc(C2CC2)n1C1CC1)C(=O)N1N=C(c2ccc(Cl)cc2)C[C@@H]1c1ccco1. The maximum Gasteiger partial charge on any atom is 0.256 e. The largest absolute Gasteiger partial charge is 0.467 e. The molecule has 0 unspecified atom stereocenters. The van der Waals surface area contributed by atoms with Gasteiger partial charge in [-0.15, -0.1) is 10.2 Å². The van der Waals surface area contributed by atoms with Crippen LogP contribution in [0.15, 0.2) is 57.3 Å². The van der Waals surface area contributed by atoms with Crippen LogP contribution in [0, 0.1) is 0 Å². The molecule has 3 heterocycles. The third kappa shape index (κ3) is 4.10. The van der Waals surface area contributed by atoms with Crippen molar-refractivity contribution in [2.45, 2.75) is 67.4 Å². The van der Waals surface area contributed by atoms with Crippen LogP contribution in [0.25, 0.3) is 0 Å². The molecule has 2 aromatic heterocycles. The summed E-state index contributed by atoms with van der Waals surface area (Å²) in [6, 6.07) is 11.5. The van der Waals surface area contributed by atoms with Crippen molar-refractivity contribution < 1.29 is 9.21 Å². The molecule has 2 atom stereocenters. The van der Waals surface area contributed by atoms with Crippen molar-refractivity contribution in [3.05, 3.63) is 64.8 Å². The maximum atomic E-state index is 13.6. The van der Waals surface area contributed by atoms with Crippen LogP contribution in [-0.4, -0.2) is 36.6 Å². The Morgan fingerprint density at radius 1 is 1.15 bits per heavy atom. The first-order valence-electron chi connectivity index (χ1n) is 11.4. The van der Waals surface area contributed by atoms with Gasteiger partial charge in [-0.25, -0.2) is 5.01 Å². The van der Waals surface area contributed by atoms with E-state index in [0.29, 0.717) is 23.4 Å². The van der Waals surface area contributed by atoms with Gasteiger partial charge in [0.25, 0.3) is 5.91 Å². The smallest absolute Gasteiger partial charge is 0.256 e. The van der Waals surface area contributed by atoms with E-state index in [2.05, 4.69) is 14.8 Å². The van der Waals surface area contributed by atoms with Crippen LogP contribution >= 0.6 is 23.4 Å². The number of halogens is 1. The van der Waals surface area contributed by atoms with Crippen molar-refractivity contribution in [3.8, 4) is 0 Å². The number of nitrogens with zero attached hydrogens (tertiary/aromatic N) is 5. The van der Waals surface area contributed by atoms with Crippen LogP contribution in [0.1, 0.15) is 74.2 Å². The number of amides is 1. The van der Waals surface area contributed by atoms with Gasteiger partial charge in [0.1, 0.15) is 17.6 Å². The predicted molar refractivity (Wildman–Crippen MR) is 126 cm³/mol. The Kier molecular flexibility index (Phi) is 5.30. The second kappa shape index (κ2) is 8.33. The summed E-state index contributed by atoms with van der Waals surface area (Å²) < 4.78 is 7.95. The van der Waals surface area contributed by atoms with E-state index in [-0.39, 0.29) is 17.2 Å². The van der Waals surface area contributed by atoms with E-state index in [4.69, 9.17) is 21.1 Å². The zero-order valence-corrected chi connectivity index (χ0v) is 19.8. The van der Waals surface area contributed by atoms with Crippen LogP contribution < -0.4 is 0 Å². The van der Waals surface area contributed by atoms with Crippen molar-refractivity contribution in [1.29, 1.82) is 0 Å². The van der Waals surface area contributed by atoms with Gasteiger partial charge in [-0.3, -0.25) is 4.79 Å². The minimum Gasteiger partial charge on any atom is -0.467 e. The number of aromatic nitrogens is 3. The molecule has 1 amide bonds. The van der Waals surface area contributed by atoms with Gasteiger partial charge >= 0.3 is 0 Å². The quantitative estimate of drug-likeness (QED) is 0.411. The standard InChI is InChI=1S/C24H24ClN5O2S/c1-14(33-24-27-26-22(16-4-5-16)29(24)18-10-11-18)23(31)30-20(21-3-2-12-32-21)13-19(28-30)15-6-8-17(25)9-7-15/h2-3,6-9,12,14,16,18,20H,4-5,10-11,13H2,1H3/t14-,20+/m0/s1. The van der Waals surface area contributed by atoms with E-state index in [9.17, 15) is 4.79 Å². The summed E-state index contributed by atoms with van der Waals surface area (Å²) in [4.78, 5) is 13.6. The highest BCUT2D eigenvalue weighted by Crippen LogP contribution is 2.46. The van der Waals surface area contributed by atoms with Crippen molar-refractivity contribution in [2.75, 3.05) is 0 Å². The fourth-order valence-corrected chi connectivity index (χ4v) is 5.39. The Morgan fingerprint density at radius 2 is 1.94 bits per heavy atom. The molecule has 33 heavy (non-hydrogen) atoms. The number of carbonyl (C=O) groups is 1. The lowest BCUT2D eigenvalue weighted by atomic mass is 10.0. The normalized spacial score (nSPS) is 21.3. The first-order chi connectivity index (χ1) is 16.1. The molecule has 170 valence electrons. The Morgan fingerprint density at radius 3 is 2.61 bits per heavy atom. The van der Waals surface area contributed by atoms with Gasteiger partial charge in [0.15, 0.2) is 5.16 Å². The number of thioether (sulfide) groups is 1. The molecule has 2 saturated carbocycles. The van der Waals surface area contributed by atoms with Crippen LogP contribution in [-0.2, 0) is 4.79 Å². The zero-order chi connectivity index (χ0) is 22.5. The number of hydrazone groups is 1. The molecule has 1 aromatic carbocycles. The highest BCUT2D eigenvalue weighted by atomic mass is 35.5. The number of benzene rings is 1. The summed E-state index contributed by atoms with van der Waals surface area (Å²) in [5, 5.41) is 16.4. The third-order valence-electron chi connectivity index (χ3n) is 6.36. The lowest BCUT2D eigenvalue weighted by Gasteiger charge is -2.23. The monoisotopic (exact) mass is 481 g/mol. The van der Waals surface area contributed by atoms with Gasteiger partial charge in [-0.05, 0) is 62.4 Å². The molecule has 3 aliphatic rings. The van der Waals surface area contributed by atoms with E-state index in [1.54, 1.807) is 11.3 Å². The van der Waals surface area contributed by atoms with Crippen molar-refractivity contribution in [2.24, 2.45) is 5.10 Å². The van der Waals surface area contributed by atoms with Crippen LogP contribution in [0.2, 0.25) is 5.02 Å². The Labute approximate surface area is 201 Å². The van der Waals surface area contributed by atoms with E-state index < -0.39 is 0 Å². The van der Waals surface area contributed by atoms with Gasteiger partial charge in [0, 0.05) is 23.4 Å². The minimum absolute atomic E-state index is 0.0660. The van der Waals surface area contributed by atoms with Gasteiger partial charge in [-0.2, -0.15) is 5.10 Å². The Bertz CT molecular complexity index is 1200. The number of furan rings is 1. The van der Waals surface area contributed by atoms with Gasteiger partial charge in [-0.1, -0.05) is 35.5 Å². The van der Waals surface area contributed by atoms with Gasteiger partial charge in [0.05, 0.1) is 17.2 Å². The molecule has 0 bridgehead atoms. The molecule has 7 nitrogen and oxygen atoms in total. The Hall–Kier alpha value is -2.58. The third-order valence-corrected chi connectivity index (χ3v) is 7.66. The lowest BCUT2D eigenvalue weighted by Crippen LogP contribution is -2.33. The molecule has 2 fully saturated rings. The van der Waals surface area contributed by atoms with Crippen molar-refractivity contribution in [1.82, 2.24) is 19.8 Å². The average molecular weight is 482 g/mol. The van der Waals surface area contributed by atoms with E-state index in [0.717, 1.165) is 40.9 Å². The molecular formula is C24H24ClN5O2S. The molecule has 6 rings (SSSR count). The molecular weight excluding hydrogens is 458 g/mol. The second-order valence-electron chi connectivity index (χ2n) is 8.95. The molecule has 0 spiro atoms. The maximum absolute atomic E-state index is 13.6. The fourth-order valence-electron chi connectivity index (χ4n) is 4.29. The van der Waals surface area contributed by atoms with Crippen molar-refractivity contribution in [3.63, 3.8) is 0 Å². The highest BCUT2D eigenvalue weighted by Gasteiger charge is 2.40. The zero-order valence-electron chi connectivity index (χ0n) is 18.2. The summed E-state index contributed by atoms with van der Waals surface area (Å²) in [6.45, 7) is 1.92. The summed E-state index contributed by atoms with van der Waals surface area (Å²) in [6.07, 6.45) is 6.91. The predicted octanol–water partition coefficient (Wildman–Crippen LogP) is 5.60. The number of rotatable bonds is 7. The van der Waals surface area contributed by atoms with Gasteiger partial charge in [0.2, 0.25) is 0 Å². The van der Waals surface area contributed by atoms with Crippen LogP contribution in [0.3, 0.4) is 0 Å². The van der Waals surface area contributed by atoms with Crippen LogP contribution in [0.4, 0.5) is 0 Å². The van der Waals surface area contributed by atoms with Gasteiger partial charge < -0.3 is 8.98 Å². The Balaban J connectivity index is 1.26. The molecule has 0 radical (unpaired) electrons. The number of hydrogen-bond donors (Lipinski definition) is 0. The average Bonchev–Trinajstić information content (AvgIpc) is 3.69. The van der Waals surface area contributed by atoms with E-state index >= 15 is 0 Å². The highest BCUT2D eigenvalue weighted by molar-refractivity contribution is 8.00. The van der Waals surface area contributed by atoms with E-state index in [1.165, 1.54) is 24.6 Å². The molecule has 9 heteroatoms. The van der Waals surface area contributed by atoms with Crippen molar-refractivity contribution >= 4 is 35.0 Å². The second-order valence-corrected chi connectivity index (χ2v) is 10.7. The number of hydrogen-bond acceptors (Lipinski definition) is 6. The first-order valence-corrected chi connectivity index (χ1v) is 12.7. The lowest BCUT2D eigenvalue weighted by molar-refractivity contribution is -0.132. The number of carbonyl (C=O) groups excluding carboxylic acids is 1. The van der Waals surface area contributed by atoms with Crippen LogP contribution in [0.5, 0.6) is 0 Å². The molecule has 2 aliphatic carbocycles. The summed E-state index contributed by atoms with van der Waals surface area (Å²) in [5.41, 5.74) is 1.80. The van der Waals surface area contributed by atoms with E-state index in [1.807, 2.05) is 43.3 Å². The summed E-state index contributed by atoms with van der Waals surface area (Å²) in [7, 11) is 0. The summed E-state index contributed by atoms with van der Waals surface area (Å²) in [5.74, 6) is 2.29. The molecule has 0 N–H and O–H groups in total. The molecule has 3 aromatic rings. The topological polar surface area (TPSA) is 76.5 Å². The minimum atomic E-state index is -0.357. The molecule has 0 saturated heterocycles.